The first-order chi connectivity index (χ1) is 16.3. The molecule has 3 fully saturated rings. The zero-order valence-electron chi connectivity index (χ0n) is 20.6. The highest BCUT2D eigenvalue weighted by atomic mass is 16.6. The molecule has 1 aromatic rings. The average Bonchev–Trinajstić information content (AvgIpc) is 3.73. The van der Waals surface area contributed by atoms with Gasteiger partial charge in [0.15, 0.2) is 0 Å². The second kappa shape index (κ2) is 10.2. The third-order valence-corrected chi connectivity index (χ3v) is 7.24. The van der Waals surface area contributed by atoms with Crippen LogP contribution in [0.3, 0.4) is 0 Å². The van der Waals surface area contributed by atoms with Gasteiger partial charge in [0.05, 0.1) is 25.2 Å². The molecule has 186 valence electrons. The van der Waals surface area contributed by atoms with Crippen molar-refractivity contribution in [1.82, 2.24) is 0 Å². The van der Waals surface area contributed by atoms with Crippen molar-refractivity contribution in [2.24, 2.45) is 5.92 Å². The molecule has 2 heterocycles. The molecule has 2 aliphatic heterocycles. The van der Waals surface area contributed by atoms with E-state index >= 15 is 0 Å². The average molecular weight is 472 g/mol. The van der Waals surface area contributed by atoms with Crippen LogP contribution in [0.15, 0.2) is 42.0 Å². The Morgan fingerprint density at radius 2 is 2.15 bits per heavy atom. The van der Waals surface area contributed by atoms with Crippen LogP contribution in [-0.4, -0.2) is 67.5 Å². The fourth-order valence-corrected chi connectivity index (χ4v) is 5.38. The number of aliphatic hydroxyl groups is 1. The number of nitrogens with one attached hydrogen (secondary N) is 1. The fraction of sp³-hybridized carbons (Fsp3) is 0.593. The van der Waals surface area contributed by atoms with Crippen molar-refractivity contribution in [2.75, 3.05) is 32.2 Å². The predicted molar refractivity (Wildman–Crippen MR) is 130 cm³/mol. The molecule has 2 saturated heterocycles. The molecule has 1 aromatic carbocycles. The maximum atomic E-state index is 12.7. The lowest BCUT2D eigenvalue weighted by Crippen LogP contribution is -2.55. The normalized spacial score (nSPS) is 34.1. The van der Waals surface area contributed by atoms with E-state index in [9.17, 15) is 4.79 Å². The van der Waals surface area contributed by atoms with E-state index < -0.39 is 5.97 Å². The second-order valence-corrected chi connectivity index (χ2v) is 9.96. The number of esters is 1. The van der Waals surface area contributed by atoms with Gasteiger partial charge >= 0.3 is 5.97 Å². The monoisotopic (exact) mass is 471 g/mol. The molecule has 1 saturated carbocycles. The summed E-state index contributed by atoms with van der Waals surface area (Å²) >= 11 is 0. The van der Waals surface area contributed by atoms with Crippen molar-refractivity contribution >= 4 is 17.7 Å². The summed E-state index contributed by atoms with van der Waals surface area (Å²) < 4.78 is 24.0. The Labute approximate surface area is 202 Å². The molecule has 1 aliphatic carbocycles. The number of anilines is 1. The van der Waals surface area contributed by atoms with Gasteiger partial charge in [-0.05, 0) is 63.8 Å². The summed E-state index contributed by atoms with van der Waals surface area (Å²) in [7, 11) is 1.68. The van der Waals surface area contributed by atoms with Crippen LogP contribution in [0.5, 0.6) is 0 Å². The van der Waals surface area contributed by atoms with Crippen LogP contribution in [0.1, 0.15) is 45.6 Å². The standard InChI is InChI=1S/C27H37NO6/c1-18(2)8-10-22-26(3,34-22)25-24(31-4)21(12-13-27(25)17-32-27)33-23(30)11-9-19-6-5-7-20(16-19)28-14-15-29/h5-9,11,16,21-22,24-25,28-29H,10,12-15,17H2,1-4H3/b11-9+/t21-,22-,24-,25-,26+,27+/m1/s1. The van der Waals surface area contributed by atoms with E-state index in [0.29, 0.717) is 19.6 Å². The van der Waals surface area contributed by atoms with E-state index in [2.05, 4.69) is 32.2 Å². The Morgan fingerprint density at radius 1 is 1.35 bits per heavy atom. The van der Waals surface area contributed by atoms with Crippen molar-refractivity contribution in [3.63, 3.8) is 0 Å². The van der Waals surface area contributed by atoms with Crippen LogP contribution in [0.2, 0.25) is 0 Å². The summed E-state index contributed by atoms with van der Waals surface area (Å²) in [5.41, 5.74) is 2.43. The Balaban J connectivity index is 1.42. The summed E-state index contributed by atoms with van der Waals surface area (Å²) in [6, 6.07) is 7.64. The zero-order chi connectivity index (χ0) is 24.3. The van der Waals surface area contributed by atoms with Crippen LogP contribution in [-0.2, 0) is 23.7 Å². The minimum absolute atomic E-state index is 0.00497. The molecular weight excluding hydrogens is 434 g/mol. The van der Waals surface area contributed by atoms with Crippen LogP contribution in [0.4, 0.5) is 5.69 Å². The highest BCUT2D eigenvalue weighted by Crippen LogP contribution is 2.59. The van der Waals surface area contributed by atoms with E-state index in [4.69, 9.17) is 24.1 Å². The van der Waals surface area contributed by atoms with E-state index in [-0.39, 0.29) is 42.0 Å². The quantitative estimate of drug-likeness (QED) is 0.232. The number of benzene rings is 1. The zero-order valence-corrected chi connectivity index (χ0v) is 20.6. The lowest BCUT2D eigenvalue weighted by Gasteiger charge is -2.42. The predicted octanol–water partition coefficient (Wildman–Crippen LogP) is 3.72. The molecular formula is C27H37NO6. The molecule has 3 aliphatic rings. The maximum Gasteiger partial charge on any atom is 0.331 e. The largest absolute Gasteiger partial charge is 0.456 e. The van der Waals surface area contributed by atoms with Gasteiger partial charge in [-0.1, -0.05) is 23.8 Å². The van der Waals surface area contributed by atoms with Crippen LogP contribution in [0, 0.1) is 5.92 Å². The fourth-order valence-electron chi connectivity index (χ4n) is 5.38. The Bertz CT molecular complexity index is 935. The minimum atomic E-state index is -0.393. The third kappa shape index (κ3) is 5.38. The van der Waals surface area contributed by atoms with E-state index in [1.54, 1.807) is 13.2 Å². The van der Waals surface area contributed by atoms with E-state index in [1.165, 1.54) is 11.6 Å². The van der Waals surface area contributed by atoms with Gasteiger partial charge in [0.2, 0.25) is 0 Å². The minimum Gasteiger partial charge on any atom is -0.456 e. The highest BCUT2D eigenvalue weighted by Gasteiger charge is 2.72. The van der Waals surface area contributed by atoms with Gasteiger partial charge < -0.3 is 29.4 Å². The number of ether oxygens (including phenoxy) is 4. The number of rotatable bonds is 10. The summed E-state index contributed by atoms with van der Waals surface area (Å²) in [5.74, 6) is -0.388. The number of carbonyl (C=O) groups is 1. The van der Waals surface area contributed by atoms with Gasteiger partial charge in [-0.15, -0.1) is 0 Å². The molecule has 7 nitrogen and oxygen atoms in total. The highest BCUT2D eigenvalue weighted by molar-refractivity contribution is 5.87. The molecule has 4 rings (SSSR count). The second-order valence-electron chi connectivity index (χ2n) is 9.96. The van der Waals surface area contributed by atoms with Crippen molar-refractivity contribution < 1.29 is 28.8 Å². The van der Waals surface area contributed by atoms with E-state index in [0.717, 1.165) is 24.1 Å². The van der Waals surface area contributed by atoms with Crippen molar-refractivity contribution in [3.05, 3.63) is 47.6 Å². The first kappa shape index (κ1) is 24.9. The summed E-state index contributed by atoms with van der Waals surface area (Å²) in [6.07, 6.45) is 7.26. The van der Waals surface area contributed by atoms with E-state index in [1.807, 2.05) is 24.3 Å². The lowest BCUT2D eigenvalue weighted by molar-refractivity contribution is -0.166. The Hall–Kier alpha value is -2.19. The molecule has 0 radical (unpaired) electrons. The van der Waals surface area contributed by atoms with Crippen LogP contribution in [0.25, 0.3) is 6.08 Å². The van der Waals surface area contributed by atoms with Crippen LogP contribution < -0.4 is 5.32 Å². The molecule has 6 atom stereocenters. The van der Waals surface area contributed by atoms with Gasteiger partial charge in [0.25, 0.3) is 0 Å². The van der Waals surface area contributed by atoms with Gasteiger partial charge in [-0.3, -0.25) is 0 Å². The Morgan fingerprint density at radius 3 is 2.82 bits per heavy atom. The molecule has 1 spiro atoms. The molecule has 7 heteroatoms. The molecule has 34 heavy (non-hydrogen) atoms. The number of allylic oxidation sites excluding steroid dienone is 1. The Kier molecular flexibility index (Phi) is 7.48. The first-order valence-electron chi connectivity index (χ1n) is 12.1. The van der Waals surface area contributed by atoms with Crippen molar-refractivity contribution in [2.45, 2.75) is 69.5 Å². The number of aliphatic hydroxyl groups excluding tert-OH is 1. The summed E-state index contributed by atoms with van der Waals surface area (Å²) in [5, 5.41) is 12.1. The topological polar surface area (TPSA) is 92.9 Å². The number of hydrogen-bond donors (Lipinski definition) is 2. The van der Waals surface area contributed by atoms with Crippen molar-refractivity contribution in [3.8, 4) is 0 Å². The smallest absolute Gasteiger partial charge is 0.331 e. The number of methoxy groups -OCH3 is 1. The molecule has 0 aromatic heterocycles. The van der Waals surface area contributed by atoms with Crippen molar-refractivity contribution in [1.29, 1.82) is 0 Å². The molecule has 0 unspecified atom stereocenters. The molecule has 2 N–H and O–H groups in total. The summed E-state index contributed by atoms with van der Waals surface area (Å²) in [6.45, 7) is 7.55. The van der Waals surface area contributed by atoms with Gasteiger partial charge in [0.1, 0.15) is 23.4 Å². The molecule has 0 bridgehead atoms. The first-order valence-corrected chi connectivity index (χ1v) is 12.1. The molecule has 0 amide bonds. The maximum absolute atomic E-state index is 12.7. The number of hydrogen-bond acceptors (Lipinski definition) is 7. The number of epoxide rings is 2. The van der Waals surface area contributed by atoms with Crippen LogP contribution >= 0.6 is 0 Å². The van der Waals surface area contributed by atoms with Gasteiger partial charge in [-0.25, -0.2) is 4.79 Å². The van der Waals surface area contributed by atoms with Gasteiger partial charge in [-0.2, -0.15) is 0 Å². The summed E-state index contributed by atoms with van der Waals surface area (Å²) in [4.78, 5) is 12.7. The third-order valence-electron chi connectivity index (χ3n) is 7.24. The number of carbonyl (C=O) groups excluding carboxylic acids is 1. The van der Waals surface area contributed by atoms with Gasteiger partial charge in [0, 0.05) is 25.4 Å². The lowest BCUT2D eigenvalue weighted by atomic mass is 9.68. The SMILES string of the molecule is CO[C@@H]1[C@H](OC(=O)/C=C/c2cccc(NCCO)c2)CC[C@]2(CO2)[C@H]1[C@@]1(C)O[C@@H]1CC=C(C)C.